The molecule has 0 aromatic heterocycles. The van der Waals surface area contributed by atoms with E-state index in [-0.39, 0.29) is 12.7 Å². The molecule has 0 spiro atoms. The Hall–Kier alpha value is -0.650. The second-order valence-electron chi connectivity index (χ2n) is 3.15. The minimum absolute atomic E-state index is 0.261. The maximum Gasteiger partial charge on any atom is 0.329 e. The van der Waals surface area contributed by atoms with Crippen LogP contribution in [0.4, 0.5) is 0 Å². The van der Waals surface area contributed by atoms with E-state index in [2.05, 4.69) is 6.92 Å². The van der Waals surface area contributed by atoms with Crippen molar-refractivity contribution in [3.63, 3.8) is 0 Å². The molecule has 90 valence electrons. The van der Waals surface area contributed by atoms with Crippen molar-refractivity contribution in [1.29, 1.82) is 0 Å². The number of rotatable bonds is 10. The summed E-state index contributed by atoms with van der Waals surface area (Å²) in [5, 5.41) is 8.26. The molecule has 1 atom stereocenters. The number of hydrogen-bond acceptors (Lipinski definition) is 4. The molecule has 0 aliphatic rings. The summed E-state index contributed by atoms with van der Waals surface area (Å²) in [6, 6.07) is 0. The van der Waals surface area contributed by atoms with Crippen molar-refractivity contribution in [3.8, 4) is 0 Å². The van der Waals surface area contributed by atoms with E-state index in [1.807, 2.05) is 6.92 Å². The molecule has 0 amide bonds. The SMILES string of the molecule is CCC(C)OCCOCCOCC(=O)O. The smallest absolute Gasteiger partial charge is 0.329 e. The van der Waals surface area contributed by atoms with Crippen LogP contribution >= 0.6 is 0 Å². The van der Waals surface area contributed by atoms with Gasteiger partial charge in [-0.3, -0.25) is 0 Å². The zero-order chi connectivity index (χ0) is 11.5. The van der Waals surface area contributed by atoms with Crippen LogP contribution in [0, 0.1) is 0 Å². The first kappa shape index (κ1) is 14.3. The van der Waals surface area contributed by atoms with E-state index in [1.54, 1.807) is 0 Å². The maximum atomic E-state index is 10.1. The van der Waals surface area contributed by atoms with Crippen molar-refractivity contribution in [2.24, 2.45) is 0 Å². The van der Waals surface area contributed by atoms with Gasteiger partial charge in [0.05, 0.1) is 32.5 Å². The lowest BCUT2D eigenvalue weighted by atomic mass is 10.3. The first-order valence-corrected chi connectivity index (χ1v) is 5.15. The summed E-state index contributed by atoms with van der Waals surface area (Å²) in [7, 11) is 0. The highest BCUT2D eigenvalue weighted by Crippen LogP contribution is 1.94. The molecule has 0 heterocycles. The van der Waals surface area contributed by atoms with Gasteiger partial charge in [0.1, 0.15) is 6.61 Å². The van der Waals surface area contributed by atoms with Crippen LogP contribution in [0.1, 0.15) is 20.3 Å². The zero-order valence-electron chi connectivity index (χ0n) is 9.40. The average Bonchev–Trinajstić information content (AvgIpc) is 2.21. The van der Waals surface area contributed by atoms with E-state index in [1.165, 1.54) is 0 Å². The maximum absolute atomic E-state index is 10.1. The Balaban J connectivity index is 3.02. The number of aliphatic carboxylic acids is 1. The van der Waals surface area contributed by atoms with Gasteiger partial charge in [-0.25, -0.2) is 4.79 Å². The number of ether oxygens (including phenoxy) is 3. The molecule has 1 unspecified atom stereocenters. The molecular formula is C10H20O5. The fourth-order valence-electron chi connectivity index (χ4n) is 0.805. The summed E-state index contributed by atoms with van der Waals surface area (Å²) in [6.07, 6.45) is 1.25. The first-order chi connectivity index (χ1) is 7.16. The van der Waals surface area contributed by atoms with Gasteiger partial charge in [0.25, 0.3) is 0 Å². The van der Waals surface area contributed by atoms with Gasteiger partial charge < -0.3 is 19.3 Å². The van der Waals surface area contributed by atoms with Crippen LogP contribution in [0.2, 0.25) is 0 Å². The third-order valence-corrected chi connectivity index (χ3v) is 1.80. The van der Waals surface area contributed by atoms with Crippen LogP contribution in [-0.4, -0.2) is 50.2 Å². The molecule has 15 heavy (non-hydrogen) atoms. The summed E-state index contributed by atoms with van der Waals surface area (Å²) in [4.78, 5) is 10.1. The van der Waals surface area contributed by atoms with Crippen LogP contribution in [0.5, 0.6) is 0 Å². The van der Waals surface area contributed by atoms with E-state index < -0.39 is 5.97 Å². The highest BCUT2D eigenvalue weighted by Gasteiger charge is 1.98. The second-order valence-corrected chi connectivity index (χ2v) is 3.15. The second kappa shape index (κ2) is 9.89. The van der Waals surface area contributed by atoms with Gasteiger partial charge in [-0.2, -0.15) is 0 Å². The zero-order valence-corrected chi connectivity index (χ0v) is 9.40. The molecule has 0 rings (SSSR count). The van der Waals surface area contributed by atoms with Gasteiger partial charge >= 0.3 is 5.97 Å². The molecule has 1 N–H and O–H groups in total. The van der Waals surface area contributed by atoms with Crippen molar-refractivity contribution in [2.75, 3.05) is 33.0 Å². The highest BCUT2D eigenvalue weighted by atomic mass is 16.5. The fourth-order valence-corrected chi connectivity index (χ4v) is 0.805. The minimum atomic E-state index is -0.963. The van der Waals surface area contributed by atoms with Gasteiger partial charge in [-0.05, 0) is 13.3 Å². The normalized spacial score (nSPS) is 12.7. The molecular weight excluding hydrogens is 200 g/mol. The van der Waals surface area contributed by atoms with Crippen molar-refractivity contribution in [3.05, 3.63) is 0 Å². The van der Waals surface area contributed by atoms with Gasteiger partial charge in [0, 0.05) is 0 Å². The van der Waals surface area contributed by atoms with Crippen molar-refractivity contribution >= 4 is 5.97 Å². The number of carboxylic acids is 1. The highest BCUT2D eigenvalue weighted by molar-refractivity contribution is 5.67. The fraction of sp³-hybridized carbons (Fsp3) is 0.900. The Kier molecular flexibility index (Phi) is 9.46. The Morgan fingerprint density at radius 3 is 2.40 bits per heavy atom. The summed E-state index contributed by atoms with van der Waals surface area (Å²) in [5.74, 6) is -0.963. The van der Waals surface area contributed by atoms with Crippen LogP contribution in [0.15, 0.2) is 0 Å². The molecule has 0 saturated carbocycles. The van der Waals surface area contributed by atoms with E-state index in [0.29, 0.717) is 26.4 Å². The summed E-state index contributed by atoms with van der Waals surface area (Å²) in [5.41, 5.74) is 0. The third kappa shape index (κ3) is 11.3. The number of carbonyl (C=O) groups is 1. The lowest BCUT2D eigenvalue weighted by molar-refractivity contribution is -0.142. The lowest BCUT2D eigenvalue weighted by Crippen LogP contribution is -2.15. The summed E-state index contributed by atoms with van der Waals surface area (Å²) >= 11 is 0. The Bertz CT molecular complexity index is 160. The Labute approximate surface area is 90.3 Å². The van der Waals surface area contributed by atoms with Crippen molar-refractivity contribution < 1.29 is 24.1 Å². The Morgan fingerprint density at radius 2 is 1.80 bits per heavy atom. The predicted molar refractivity (Wildman–Crippen MR) is 55.0 cm³/mol. The lowest BCUT2D eigenvalue weighted by Gasteiger charge is -2.10. The third-order valence-electron chi connectivity index (χ3n) is 1.80. The standard InChI is InChI=1S/C10H20O5/c1-3-9(2)15-7-6-13-4-5-14-8-10(11)12/h9H,3-8H2,1-2H3,(H,11,12). The summed E-state index contributed by atoms with van der Waals surface area (Å²) < 4.78 is 15.3. The number of carboxylic acid groups (broad SMARTS) is 1. The molecule has 0 fully saturated rings. The van der Waals surface area contributed by atoms with E-state index in [0.717, 1.165) is 6.42 Å². The van der Waals surface area contributed by atoms with E-state index in [9.17, 15) is 4.79 Å². The van der Waals surface area contributed by atoms with Gasteiger partial charge in [-0.15, -0.1) is 0 Å². The Morgan fingerprint density at radius 1 is 1.20 bits per heavy atom. The summed E-state index contributed by atoms with van der Waals surface area (Å²) in [6.45, 7) is 5.58. The van der Waals surface area contributed by atoms with E-state index >= 15 is 0 Å². The first-order valence-electron chi connectivity index (χ1n) is 5.15. The largest absolute Gasteiger partial charge is 0.480 e. The molecule has 0 bridgehead atoms. The van der Waals surface area contributed by atoms with Crippen LogP contribution < -0.4 is 0 Å². The molecule has 0 saturated heterocycles. The van der Waals surface area contributed by atoms with Crippen molar-refractivity contribution in [2.45, 2.75) is 26.4 Å². The van der Waals surface area contributed by atoms with E-state index in [4.69, 9.17) is 19.3 Å². The predicted octanol–water partition coefficient (Wildman–Crippen LogP) is 0.919. The average molecular weight is 220 g/mol. The molecule has 0 radical (unpaired) electrons. The monoisotopic (exact) mass is 220 g/mol. The molecule has 0 aromatic rings. The quantitative estimate of drug-likeness (QED) is 0.554. The van der Waals surface area contributed by atoms with Crippen molar-refractivity contribution in [1.82, 2.24) is 0 Å². The number of hydrogen-bond donors (Lipinski definition) is 1. The molecule has 0 aromatic carbocycles. The van der Waals surface area contributed by atoms with Crippen LogP contribution in [0.3, 0.4) is 0 Å². The van der Waals surface area contributed by atoms with Crippen LogP contribution in [0.25, 0.3) is 0 Å². The van der Waals surface area contributed by atoms with Crippen LogP contribution in [-0.2, 0) is 19.0 Å². The van der Waals surface area contributed by atoms with Gasteiger partial charge in [0.2, 0.25) is 0 Å². The van der Waals surface area contributed by atoms with Gasteiger partial charge in [0.15, 0.2) is 0 Å². The van der Waals surface area contributed by atoms with Gasteiger partial charge in [-0.1, -0.05) is 6.92 Å². The molecule has 5 heteroatoms. The molecule has 5 nitrogen and oxygen atoms in total. The molecule has 0 aliphatic carbocycles. The molecule has 0 aliphatic heterocycles. The minimum Gasteiger partial charge on any atom is -0.480 e. The topological polar surface area (TPSA) is 65.0 Å².